The second kappa shape index (κ2) is 5.65. The highest BCUT2D eigenvalue weighted by molar-refractivity contribution is 7.09. The summed E-state index contributed by atoms with van der Waals surface area (Å²) < 4.78 is 0. The Morgan fingerprint density at radius 3 is 3.05 bits per heavy atom. The molecular weight excluding hydrogens is 286 g/mol. The standard InChI is InChI=1S/C15H15N3O2S/c1-9-8-21-14(17-9)7-16-15(20)11-2-4-12-10(6-11)3-5-13(19)18-12/h2,4,6,8H,3,5,7H2,1H3,(H,16,20)(H,18,19). The molecule has 0 spiro atoms. The zero-order valence-corrected chi connectivity index (χ0v) is 12.4. The van der Waals surface area contributed by atoms with E-state index in [0.29, 0.717) is 24.9 Å². The van der Waals surface area contributed by atoms with E-state index in [1.807, 2.05) is 18.4 Å². The van der Waals surface area contributed by atoms with Crippen molar-refractivity contribution in [2.24, 2.45) is 0 Å². The normalized spacial score (nSPS) is 13.5. The minimum Gasteiger partial charge on any atom is -0.346 e. The Labute approximate surface area is 126 Å². The van der Waals surface area contributed by atoms with Crippen LogP contribution in [0, 0.1) is 6.92 Å². The van der Waals surface area contributed by atoms with E-state index in [0.717, 1.165) is 22.0 Å². The van der Waals surface area contributed by atoms with Crippen LogP contribution in [0.15, 0.2) is 23.6 Å². The molecule has 0 radical (unpaired) electrons. The van der Waals surface area contributed by atoms with Gasteiger partial charge in [0.25, 0.3) is 5.91 Å². The van der Waals surface area contributed by atoms with Crippen LogP contribution < -0.4 is 10.6 Å². The molecule has 108 valence electrons. The molecule has 1 aliphatic heterocycles. The average Bonchev–Trinajstić information content (AvgIpc) is 2.90. The number of carbonyl (C=O) groups is 2. The van der Waals surface area contributed by atoms with Gasteiger partial charge in [0.1, 0.15) is 5.01 Å². The van der Waals surface area contributed by atoms with Gasteiger partial charge in [-0.2, -0.15) is 0 Å². The molecule has 1 aromatic carbocycles. The number of benzene rings is 1. The van der Waals surface area contributed by atoms with E-state index in [1.165, 1.54) is 11.3 Å². The first-order valence-electron chi connectivity index (χ1n) is 6.74. The van der Waals surface area contributed by atoms with Gasteiger partial charge in [-0.25, -0.2) is 4.98 Å². The molecule has 0 aliphatic carbocycles. The van der Waals surface area contributed by atoms with E-state index in [2.05, 4.69) is 15.6 Å². The third kappa shape index (κ3) is 3.11. The van der Waals surface area contributed by atoms with Gasteiger partial charge in [0.05, 0.1) is 6.54 Å². The predicted octanol–water partition coefficient (Wildman–Crippen LogP) is 2.27. The molecule has 0 saturated heterocycles. The molecule has 2 N–H and O–H groups in total. The molecule has 0 bridgehead atoms. The molecule has 0 atom stereocenters. The molecule has 2 heterocycles. The Bertz CT molecular complexity index is 709. The van der Waals surface area contributed by atoms with Gasteiger partial charge >= 0.3 is 0 Å². The SMILES string of the molecule is Cc1csc(CNC(=O)c2ccc3c(c2)CCC(=O)N3)n1. The van der Waals surface area contributed by atoms with Gasteiger partial charge in [-0.1, -0.05) is 0 Å². The molecule has 0 unspecified atom stereocenters. The second-order valence-electron chi connectivity index (χ2n) is 4.99. The molecule has 1 aromatic heterocycles. The third-order valence-electron chi connectivity index (χ3n) is 3.33. The van der Waals surface area contributed by atoms with Crippen LogP contribution in [0.4, 0.5) is 5.69 Å². The van der Waals surface area contributed by atoms with Crippen LogP contribution in [0.3, 0.4) is 0 Å². The number of nitrogens with one attached hydrogen (secondary N) is 2. The molecular formula is C15H15N3O2S. The first-order chi connectivity index (χ1) is 10.1. The minimum absolute atomic E-state index is 0.0267. The quantitative estimate of drug-likeness (QED) is 0.913. The van der Waals surface area contributed by atoms with Crippen LogP contribution in [0.25, 0.3) is 0 Å². The van der Waals surface area contributed by atoms with Crippen LogP contribution in [-0.4, -0.2) is 16.8 Å². The van der Waals surface area contributed by atoms with Crippen molar-refractivity contribution in [1.29, 1.82) is 0 Å². The van der Waals surface area contributed by atoms with E-state index < -0.39 is 0 Å². The first-order valence-corrected chi connectivity index (χ1v) is 7.62. The van der Waals surface area contributed by atoms with Crippen LogP contribution in [0.2, 0.25) is 0 Å². The largest absolute Gasteiger partial charge is 0.346 e. The van der Waals surface area contributed by atoms with E-state index in [4.69, 9.17) is 0 Å². The van der Waals surface area contributed by atoms with Gasteiger partial charge in [-0.3, -0.25) is 9.59 Å². The summed E-state index contributed by atoms with van der Waals surface area (Å²) in [6.45, 7) is 2.37. The van der Waals surface area contributed by atoms with E-state index >= 15 is 0 Å². The van der Waals surface area contributed by atoms with Crippen molar-refractivity contribution >= 4 is 28.8 Å². The van der Waals surface area contributed by atoms with Crippen molar-refractivity contribution < 1.29 is 9.59 Å². The molecule has 0 saturated carbocycles. The molecule has 1 aliphatic rings. The van der Waals surface area contributed by atoms with Gasteiger partial charge < -0.3 is 10.6 Å². The van der Waals surface area contributed by atoms with Crippen molar-refractivity contribution in [3.05, 3.63) is 45.4 Å². The molecule has 21 heavy (non-hydrogen) atoms. The van der Waals surface area contributed by atoms with Crippen LogP contribution >= 0.6 is 11.3 Å². The maximum atomic E-state index is 12.2. The zero-order chi connectivity index (χ0) is 14.8. The highest BCUT2D eigenvalue weighted by Crippen LogP contribution is 2.23. The lowest BCUT2D eigenvalue weighted by molar-refractivity contribution is -0.116. The number of hydrogen-bond acceptors (Lipinski definition) is 4. The van der Waals surface area contributed by atoms with E-state index in [1.54, 1.807) is 12.1 Å². The number of aryl methyl sites for hydroxylation is 2. The molecule has 2 amide bonds. The molecule has 6 heteroatoms. The van der Waals surface area contributed by atoms with Crippen molar-refractivity contribution in [1.82, 2.24) is 10.3 Å². The minimum atomic E-state index is -0.123. The molecule has 2 aromatic rings. The van der Waals surface area contributed by atoms with Crippen LogP contribution in [0.5, 0.6) is 0 Å². The molecule has 5 nitrogen and oxygen atoms in total. The van der Waals surface area contributed by atoms with Gasteiger partial charge in [-0.05, 0) is 37.1 Å². The van der Waals surface area contributed by atoms with Crippen molar-refractivity contribution in [2.45, 2.75) is 26.3 Å². The first kappa shape index (κ1) is 13.8. The summed E-state index contributed by atoms with van der Waals surface area (Å²) in [7, 11) is 0. The fraction of sp³-hybridized carbons (Fsp3) is 0.267. The topological polar surface area (TPSA) is 71.1 Å². The number of fused-ring (bicyclic) bond motifs is 1. The predicted molar refractivity (Wildman–Crippen MR) is 81.4 cm³/mol. The van der Waals surface area contributed by atoms with Gasteiger partial charge in [0, 0.05) is 28.7 Å². The third-order valence-corrected chi connectivity index (χ3v) is 4.30. The van der Waals surface area contributed by atoms with Crippen molar-refractivity contribution in [3.63, 3.8) is 0 Å². The number of nitrogens with zero attached hydrogens (tertiary/aromatic N) is 1. The lowest BCUT2D eigenvalue weighted by Crippen LogP contribution is -2.24. The van der Waals surface area contributed by atoms with Crippen molar-refractivity contribution in [3.8, 4) is 0 Å². The summed E-state index contributed by atoms with van der Waals surface area (Å²) in [5.41, 5.74) is 3.39. The zero-order valence-electron chi connectivity index (χ0n) is 11.6. The van der Waals surface area contributed by atoms with Crippen LogP contribution in [-0.2, 0) is 17.8 Å². The molecule has 3 rings (SSSR count). The summed E-state index contributed by atoms with van der Waals surface area (Å²) in [4.78, 5) is 27.8. The maximum Gasteiger partial charge on any atom is 0.251 e. The summed E-state index contributed by atoms with van der Waals surface area (Å²) in [6, 6.07) is 5.36. The van der Waals surface area contributed by atoms with E-state index in [-0.39, 0.29) is 11.8 Å². The number of aromatic nitrogens is 1. The lowest BCUT2D eigenvalue weighted by atomic mass is 10.00. The Kier molecular flexibility index (Phi) is 3.70. The van der Waals surface area contributed by atoms with E-state index in [9.17, 15) is 9.59 Å². The average molecular weight is 301 g/mol. The fourth-order valence-electron chi connectivity index (χ4n) is 2.27. The Balaban J connectivity index is 1.69. The number of amides is 2. The second-order valence-corrected chi connectivity index (χ2v) is 5.93. The number of anilines is 1. The number of carbonyl (C=O) groups excluding carboxylic acids is 2. The number of hydrogen-bond donors (Lipinski definition) is 2. The lowest BCUT2D eigenvalue weighted by Gasteiger charge is -2.17. The maximum absolute atomic E-state index is 12.2. The highest BCUT2D eigenvalue weighted by atomic mass is 32.1. The summed E-state index contributed by atoms with van der Waals surface area (Å²) in [6.07, 6.45) is 1.14. The van der Waals surface area contributed by atoms with Gasteiger partial charge in [-0.15, -0.1) is 11.3 Å². The van der Waals surface area contributed by atoms with Gasteiger partial charge in [0.15, 0.2) is 0 Å². The summed E-state index contributed by atoms with van der Waals surface area (Å²) in [5, 5.41) is 8.53. The van der Waals surface area contributed by atoms with Gasteiger partial charge in [0.2, 0.25) is 5.91 Å². The monoisotopic (exact) mass is 301 g/mol. The fourth-order valence-corrected chi connectivity index (χ4v) is 2.98. The highest BCUT2D eigenvalue weighted by Gasteiger charge is 2.16. The smallest absolute Gasteiger partial charge is 0.251 e. The number of thiazole rings is 1. The Morgan fingerprint density at radius 2 is 2.29 bits per heavy atom. The Hall–Kier alpha value is -2.21. The Morgan fingerprint density at radius 1 is 1.43 bits per heavy atom. The number of rotatable bonds is 3. The van der Waals surface area contributed by atoms with Crippen LogP contribution in [0.1, 0.15) is 33.0 Å². The summed E-state index contributed by atoms with van der Waals surface area (Å²) in [5.74, 6) is -0.0959. The summed E-state index contributed by atoms with van der Waals surface area (Å²) >= 11 is 1.54. The van der Waals surface area contributed by atoms with Crippen molar-refractivity contribution in [2.75, 3.05) is 5.32 Å². The molecule has 0 fully saturated rings.